The summed E-state index contributed by atoms with van der Waals surface area (Å²) in [5.74, 6) is 0.103. The number of anilines is 1. The third-order valence-electron chi connectivity index (χ3n) is 4.44. The summed E-state index contributed by atoms with van der Waals surface area (Å²) in [6.07, 6.45) is 0.663. The Bertz CT molecular complexity index is 1020. The van der Waals surface area contributed by atoms with Gasteiger partial charge in [0.2, 0.25) is 0 Å². The molecule has 0 aliphatic rings. The summed E-state index contributed by atoms with van der Waals surface area (Å²) in [6.45, 7) is 2.36. The number of hydrogen-bond donors (Lipinski definition) is 2. The summed E-state index contributed by atoms with van der Waals surface area (Å²) < 4.78 is 5.20. The zero-order chi connectivity index (χ0) is 20.6. The second-order valence-corrected chi connectivity index (χ2v) is 6.53. The van der Waals surface area contributed by atoms with Gasteiger partial charge in [0.25, 0.3) is 11.8 Å². The van der Waals surface area contributed by atoms with Crippen molar-refractivity contribution in [2.75, 3.05) is 19.0 Å². The molecule has 2 amide bonds. The maximum atomic E-state index is 12.5. The van der Waals surface area contributed by atoms with Gasteiger partial charge in [0, 0.05) is 12.2 Å². The Kier molecular flexibility index (Phi) is 6.58. The van der Waals surface area contributed by atoms with E-state index in [4.69, 9.17) is 4.74 Å². The molecule has 0 unspecified atom stereocenters. The maximum Gasteiger partial charge on any atom is 0.274 e. The average molecular weight is 389 g/mol. The standard InChI is InChI=1S/C23H23N3O3/c1-16-7-3-4-10-19(16)26-23(28)21-12-6-11-20(25-21)22(27)24-14-13-17-8-5-9-18(15-17)29-2/h3-12,15H,13-14H2,1-2H3,(H,24,27)(H,26,28). The minimum Gasteiger partial charge on any atom is -0.497 e. The number of rotatable bonds is 7. The molecule has 6 nitrogen and oxygen atoms in total. The monoisotopic (exact) mass is 389 g/mol. The van der Waals surface area contributed by atoms with Crippen LogP contribution in [0.3, 0.4) is 0 Å². The van der Waals surface area contributed by atoms with Crippen molar-refractivity contribution >= 4 is 17.5 Å². The molecule has 0 radical (unpaired) electrons. The number of nitrogens with zero attached hydrogens (tertiary/aromatic N) is 1. The van der Waals surface area contributed by atoms with Crippen LogP contribution in [0, 0.1) is 6.92 Å². The van der Waals surface area contributed by atoms with Crippen LogP contribution in [0.5, 0.6) is 5.75 Å². The highest BCUT2D eigenvalue weighted by Gasteiger charge is 2.13. The molecule has 0 aliphatic carbocycles. The van der Waals surface area contributed by atoms with Gasteiger partial charge in [-0.2, -0.15) is 0 Å². The van der Waals surface area contributed by atoms with E-state index in [-0.39, 0.29) is 23.2 Å². The van der Waals surface area contributed by atoms with Gasteiger partial charge in [-0.3, -0.25) is 9.59 Å². The Morgan fingerprint density at radius 1 is 0.931 bits per heavy atom. The molecule has 3 aromatic rings. The highest BCUT2D eigenvalue weighted by Crippen LogP contribution is 2.15. The lowest BCUT2D eigenvalue weighted by Gasteiger charge is -2.09. The number of pyridine rings is 1. The molecule has 0 fully saturated rings. The van der Waals surface area contributed by atoms with E-state index in [9.17, 15) is 9.59 Å². The molecular weight excluding hydrogens is 366 g/mol. The highest BCUT2D eigenvalue weighted by molar-refractivity contribution is 6.04. The smallest absolute Gasteiger partial charge is 0.274 e. The highest BCUT2D eigenvalue weighted by atomic mass is 16.5. The third-order valence-corrected chi connectivity index (χ3v) is 4.44. The summed E-state index contributed by atoms with van der Waals surface area (Å²) in [4.78, 5) is 29.1. The van der Waals surface area contributed by atoms with Gasteiger partial charge in [0.05, 0.1) is 7.11 Å². The number of methoxy groups -OCH3 is 1. The second-order valence-electron chi connectivity index (χ2n) is 6.53. The summed E-state index contributed by atoms with van der Waals surface area (Å²) >= 11 is 0. The molecule has 29 heavy (non-hydrogen) atoms. The first-order chi connectivity index (χ1) is 14.1. The van der Waals surface area contributed by atoms with Crippen LogP contribution in [-0.4, -0.2) is 30.5 Å². The predicted octanol–water partition coefficient (Wildman–Crippen LogP) is 3.62. The fourth-order valence-electron chi connectivity index (χ4n) is 2.83. The van der Waals surface area contributed by atoms with Crippen molar-refractivity contribution in [2.24, 2.45) is 0 Å². The van der Waals surface area contributed by atoms with E-state index in [0.717, 1.165) is 16.9 Å². The zero-order valence-corrected chi connectivity index (χ0v) is 16.4. The van der Waals surface area contributed by atoms with Gasteiger partial charge in [0.15, 0.2) is 0 Å². The number of aromatic nitrogens is 1. The van der Waals surface area contributed by atoms with Crippen molar-refractivity contribution in [3.8, 4) is 5.75 Å². The lowest BCUT2D eigenvalue weighted by Crippen LogP contribution is -2.27. The summed E-state index contributed by atoms with van der Waals surface area (Å²) in [5, 5.41) is 5.66. The van der Waals surface area contributed by atoms with E-state index >= 15 is 0 Å². The molecule has 1 heterocycles. The van der Waals surface area contributed by atoms with E-state index in [1.807, 2.05) is 55.5 Å². The molecule has 3 rings (SSSR count). The van der Waals surface area contributed by atoms with Gasteiger partial charge < -0.3 is 15.4 Å². The van der Waals surface area contributed by atoms with Crippen LogP contribution >= 0.6 is 0 Å². The Morgan fingerprint density at radius 3 is 2.41 bits per heavy atom. The minimum atomic E-state index is -0.356. The largest absolute Gasteiger partial charge is 0.497 e. The first-order valence-electron chi connectivity index (χ1n) is 9.32. The van der Waals surface area contributed by atoms with Crippen molar-refractivity contribution in [3.63, 3.8) is 0 Å². The van der Waals surface area contributed by atoms with Crippen molar-refractivity contribution in [2.45, 2.75) is 13.3 Å². The van der Waals surface area contributed by atoms with E-state index < -0.39 is 0 Å². The average Bonchev–Trinajstić information content (AvgIpc) is 2.75. The summed E-state index contributed by atoms with van der Waals surface area (Å²) in [5.41, 5.74) is 3.12. The van der Waals surface area contributed by atoms with Gasteiger partial charge in [-0.15, -0.1) is 0 Å². The second kappa shape index (κ2) is 9.50. The van der Waals surface area contributed by atoms with Crippen LogP contribution < -0.4 is 15.4 Å². The molecule has 148 valence electrons. The first kappa shape index (κ1) is 20.1. The van der Waals surface area contributed by atoms with Gasteiger partial charge in [-0.1, -0.05) is 36.4 Å². The molecule has 0 aliphatic heterocycles. The lowest BCUT2D eigenvalue weighted by atomic mass is 10.1. The Morgan fingerprint density at radius 2 is 1.66 bits per heavy atom. The topological polar surface area (TPSA) is 80.3 Å². The number of carbonyl (C=O) groups excluding carboxylic acids is 2. The van der Waals surface area contributed by atoms with E-state index in [2.05, 4.69) is 15.6 Å². The van der Waals surface area contributed by atoms with Crippen LogP contribution in [0.4, 0.5) is 5.69 Å². The Labute approximate surface area is 169 Å². The maximum absolute atomic E-state index is 12.5. The third kappa shape index (κ3) is 5.42. The van der Waals surface area contributed by atoms with E-state index in [1.165, 1.54) is 0 Å². The molecule has 0 saturated heterocycles. The molecule has 0 saturated carbocycles. The molecule has 2 aromatic carbocycles. The number of para-hydroxylation sites is 1. The van der Waals surface area contributed by atoms with Crippen LogP contribution in [-0.2, 0) is 6.42 Å². The molecule has 2 N–H and O–H groups in total. The van der Waals surface area contributed by atoms with Gasteiger partial charge in [-0.05, 0) is 54.8 Å². The quantitative estimate of drug-likeness (QED) is 0.647. The SMILES string of the molecule is COc1cccc(CCNC(=O)c2cccc(C(=O)Nc3ccccc3C)n2)c1. The van der Waals surface area contributed by atoms with Crippen LogP contribution in [0.25, 0.3) is 0 Å². The molecule has 0 bridgehead atoms. The molecule has 6 heteroatoms. The van der Waals surface area contributed by atoms with E-state index in [0.29, 0.717) is 18.7 Å². The van der Waals surface area contributed by atoms with Crippen LogP contribution in [0.15, 0.2) is 66.7 Å². The zero-order valence-electron chi connectivity index (χ0n) is 16.4. The number of ether oxygens (including phenoxy) is 1. The van der Waals surface area contributed by atoms with Gasteiger partial charge in [-0.25, -0.2) is 4.98 Å². The summed E-state index contributed by atoms with van der Waals surface area (Å²) in [6, 6.07) is 20.0. The van der Waals surface area contributed by atoms with Crippen molar-refractivity contribution in [1.29, 1.82) is 0 Å². The molecular formula is C23H23N3O3. The van der Waals surface area contributed by atoms with Crippen LogP contribution in [0.1, 0.15) is 32.1 Å². The van der Waals surface area contributed by atoms with Gasteiger partial charge >= 0.3 is 0 Å². The van der Waals surface area contributed by atoms with Crippen molar-refractivity contribution < 1.29 is 14.3 Å². The van der Waals surface area contributed by atoms with E-state index in [1.54, 1.807) is 25.3 Å². The molecule has 0 spiro atoms. The number of hydrogen-bond acceptors (Lipinski definition) is 4. The number of nitrogens with one attached hydrogen (secondary N) is 2. The van der Waals surface area contributed by atoms with Gasteiger partial charge in [0.1, 0.15) is 17.1 Å². The Balaban J connectivity index is 1.60. The number of carbonyl (C=O) groups is 2. The number of benzene rings is 2. The normalized spacial score (nSPS) is 10.3. The fraction of sp³-hybridized carbons (Fsp3) is 0.174. The number of aryl methyl sites for hydroxylation is 1. The van der Waals surface area contributed by atoms with Crippen LogP contribution in [0.2, 0.25) is 0 Å². The molecule has 1 aromatic heterocycles. The number of amides is 2. The predicted molar refractivity (Wildman–Crippen MR) is 112 cm³/mol. The minimum absolute atomic E-state index is 0.189. The van der Waals surface area contributed by atoms with Crippen molar-refractivity contribution in [1.82, 2.24) is 10.3 Å². The molecule has 0 atom stereocenters. The van der Waals surface area contributed by atoms with Crippen molar-refractivity contribution in [3.05, 3.63) is 89.2 Å². The first-order valence-corrected chi connectivity index (χ1v) is 9.32. The lowest BCUT2D eigenvalue weighted by molar-refractivity contribution is 0.0949. The Hall–Kier alpha value is -3.67. The summed E-state index contributed by atoms with van der Waals surface area (Å²) in [7, 11) is 1.62. The fourth-order valence-corrected chi connectivity index (χ4v) is 2.83.